The second-order valence-corrected chi connectivity index (χ2v) is 6.46. The van der Waals surface area contributed by atoms with Crippen LogP contribution in [0.4, 0.5) is 10.5 Å². The molecule has 0 spiro atoms. The zero-order chi connectivity index (χ0) is 19.5. The Morgan fingerprint density at radius 2 is 1.86 bits per heavy atom. The summed E-state index contributed by atoms with van der Waals surface area (Å²) in [5.74, 6) is 1.62. The lowest BCUT2D eigenvalue weighted by Gasteiger charge is -2.38. The molecule has 1 aliphatic rings. The fourth-order valence-corrected chi connectivity index (χ4v) is 3.14. The molecule has 2 amide bonds. The summed E-state index contributed by atoms with van der Waals surface area (Å²) < 4.78 is 16.5. The van der Waals surface area contributed by atoms with E-state index in [4.69, 9.17) is 14.2 Å². The molecule has 1 fully saturated rings. The van der Waals surface area contributed by atoms with Crippen LogP contribution in [0.5, 0.6) is 17.4 Å². The Balaban J connectivity index is 1.35. The third kappa shape index (κ3) is 3.51. The Kier molecular flexibility index (Phi) is 4.89. The molecule has 0 aliphatic carbocycles. The molecule has 2 aromatic carbocycles. The van der Waals surface area contributed by atoms with Crippen LogP contribution in [0.1, 0.15) is 0 Å². The molecule has 1 N–H and O–H groups in total. The van der Waals surface area contributed by atoms with Crippen LogP contribution in [0.15, 0.2) is 54.6 Å². The largest absolute Gasteiger partial charge is 0.493 e. The molecule has 0 unspecified atom stereocenters. The van der Waals surface area contributed by atoms with Gasteiger partial charge in [-0.2, -0.15) is 0 Å². The highest BCUT2D eigenvalue weighted by molar-refractivity contribution is 5.92. The number of urea groups is 1. The van der Waals surface area contributed by atoms with E-state index in [1.807, 2.05) is 36.4 Å². The molecular weight excluding hydrogens is 358 g/mol. The van der Waals surface area contributed by atoms with Crippen molar-refractivity contribution in [3.63, 3.8) is 0 Å². The van der Waals surface area contributed by atoms with Crippen LogP contribution < -0.4 is 19.5 Å². The number of carbonyl (C=O) groups is 1. The molecule has 0 saturated carbocycles. The second kappa shape index (κ2) is 7.64. The number of carbonyl (C=O) groups excluding carboxylic acids is 1. The molecule has 7 nitrogen and oxygen atoms in total. The maximum absolute atomic E-state index is 12.5. The average Bonchev–Trinajstić information content (AvgIpc) is 2.69. The van der Waals surface area contributed by atoms with Crippen LogP contribution in [0.2, 0.25) is 0 Å². The minimum atomic E-state index is -0.210. The summed E-state index contributed by atoms with van der Waals surface area (Å²) in [5.41, 5.74) is 1.45. The first-order valence-corrected chi connectivity index (χ1v) is 8.97. The van der Waals surface area contributed by atoms with E-state index in [9.17, 15) is 4.79 Å². The summed E-state index contributed by atoms with van der Waals surface area (Å²) in [6.07, 6.45) is -0.0772. The van der Waals surface area contributed by atoms with Gasteiger partial charge in [0.15, 0.2) is 11.5 Å². The number of hydrogen-bond donors (Lipinski definition) is 1. The Hall–Kier alpha value is -3.48. The third-order valence-corrected chi connectivity index (χ3v) is 4.64. The molecule has 144 valence electrons. The first kappa shape index (κ1) is 17.9. The van der Waals surface area contributed by atoms with E-state index < -0.39 is 0 Å². The standard InChI is InChI=1S/C21H21N3O4/c1-26-18-9-5-8-17(20(18)27-2)23-21(25)24-12-15(13-24)28-19-11-10-14-6-3-4-7-16(14)22-19/h3-11,15H,12-13H2,1-2H3,(H,23,25). The van der Waals surface area contributed by atoms with Gasteiger partial charge in [-0.15, -0.1) is 0 Å². The fraction of sp³-hybridized carbons (Fsp3) is 0.238. The predicted molar refractivity (Wildman–Crippen MR) is 106 cm³/mol. The average molecular weight is 379 g/mol. The number of para-hydroxylation sites is 2. The number of ether oxygens (including phenoxy) is 3. The number of fused-ring (bicyclic) bond motifs is 1. The van der Waals surface area contributed by atoms with Crippen LogP contribution in [0.25, 0.3) is 10.9 Å². The first-order valence-electron chi connectivity index (χ1n) is 8.97. The number of likely N-dealkylation sites (tertiary alicyclic amines) is 1. The number of aromatic nitrogens is 1. The van der Waals surface area contributed by atoms with Gasteiger partial charge >= 0.3 is 6.03 Å². The van der Waals surface area contributed by atoms with Crippen LogP contribution in [0, 0.1) is 0 Å². The second-order valence-electron chi connectivity index (χ2n) is 6.46. The van der Waals surface area contributed by atoms with Crippen molar-refractivity contribution in [2.24, 2.45) is 0 Å². The van der Waals surface area contributed by atoms with Crippen LogP contribution in [0.3, 0.4) is 0 Å². The van der Waals surface area contributed by atoms with E-state index in [-0.39, 0.29) is 12.1 Å². The molecule has 1 saturated heterocycles. The molecule has 0 atom stereocenters. The van der Waals surface area contributed by atoms with Gasteiger partial charge in [-0.25, -0.2) is 9.78 Å². The van der Waals surface area contributed by atoms with Gasteiger partial charge in [0.05, 0.1) is 38.5 Å². The number of nitrogens with one attached hydrogen (secondary N) is 1. The van der Waals surface area contributed by atoms with Gasteiger partial charge in [0.25, 0.3) is 0 Å². The van der Waals surface area contributed by atoms with Crippen LogP contribution in [-0.2, 0) is 0 Å². The molecule has 7 heteroatoms. The smallest absolute Gasteiger partial charge is 0.322 e. The van der Waals surface area contributed by atoms with Gasteiger partial charge in [-0.3, -0.25) is 0 Å². The normalized spacial score (nSPS) is 13.7. The number of rotatable bonds is 5. The van der Waals surface area contributed by atoms with Gasteiger partial charge in [-0.1, -0.05) is 24.3 Å². The minimum absolute atomic E-state index is 0.0772. The van der Waals surface area contributed by atoms with Crippen molar-refractivity contribution >= 4 is 22.6 Å². The third-order valence-electron chi connectivity index (χ3n) is 4.64. The maximum Gasteiger partial charge on any atom is 0.322 e. The van der Waals surface area contributed by atoms with Crippen molar-refractivity contribution in [3.05, 3.63) is 54.6 Å². The minimum Gasteiger partial charge on any atom is -0.493 e. The number of methoxy groups -OCH3 is 2. The Morgan fingerprint density at radius 1 is 1.04 bits per heavy atom. The number of hydrogen-bond acceptors (Lipinski definition) is 5. The molecule has 28 heavy (non-hydrogen) atoms. The summed E-state index contributed by atoms with van der Waals surface area (Å²) in [6, 6.07) is 16.8. The quantitative estimate of drug-likeness (QED) is 0.734. The summed E-state index contributed by atoms with van der Waals surface area (Å²) in [5, 5.41) is 3.92. The van der Waals surface area contributed by atoms with E-state index in [2.05, 4.69) is 10.3 Å². The van der Waals surface area contributed by atoms with Crippen molar-refractivity contribution in [2.75, 3.05) is 32.6 Å². The number of nitrogens with zero attached hydrogens (tertiary/aromatic N) is 2. The molecule has 0 radical (unpaired) electrons. The zero-order valence-corrected chi connectivity index (χ0v) is 15.7. The molecule has 0 bridgehead atoms. The van der Waals surface area contributed by atoms with Gasteiger partial charge in [-0.05, 0) is 24.3 Å². The van der Waals surface area contributed by atoms with Crippen molar-refractivity contribution in [1.82, 2.24) is 9.88 Å². The Bertz CT molecular complexity index is 1000. The number of pyridine rings is 1. The molecule has 2 heterocycles. The number of benzene rings is 2. The summed E-state index contributed by atoms with van der Waals surface area (Å²) >= 11 is 0. The molecule has 1 aliphatic heterocycles. The van der Waals surface area contributed by atoms with Crippen molar-refractivity contribution < 1.29 is 19.0 Å². The summed E-state index contributed by atoms with van der Waals surface area (Å²) in [4.78, 5) is 18.7. The Labute approximate surface area is 162 Å². The zero-order valence-electron chi connectivity index (χ0n) is 15.7. The monoisotopic (exact) mass is 379 g/mol. The Morgan fingerprint density at radius 3 is 2.64 bits per heavy atom. The van der Waals surface area contributed by atoms with Crippen LogP contribution in [-0.4, -0.2) is 49.3 Å². The number of anilines is 1. The molecule has 3 aromatic rings. The first-order chi connectivity index (χ1) is 13.7. The molecular formula is C21H21N3O4. The van der Waals surface area contributed by atoms with Crippen LogP contribution >= 0.6 is 0 Å². The van der Waals surface area contributed by atoms with E-state index in [1.54, 1.807) is 30.2 Å². The highest BCUT2D eigenvalue weighted by Gasteiger charge is 2.33. The van der Waals surface area contributed by atoms with Crippen molar-refractivity contribution in [1.29, 1.82) is 0 Å². The van der Waals surface area contributed by atoms with E-state index in [0.29, 0.717) is 36.2 Å². The van der Waals surface area contributed by atoms with Crippen molar-refractivity contribution in [2.45, 2.75) is 6.10 Å². The fourth-order valence-electron chi connectivity index (χ4n) is 3.14. The topological polar surface area (TPSA) is 72.9 Å². The molecule has 1 aromatic heterocycles. The lowest BCUT2D eigenvalue weighted by atomic mass is 10.2. The maximum atomic E-state index is 12.5. The summed E-state index contributed by atoms with van der Waals surface area (Å²) in [7, 11) is 3.10. The highest BCUT2D eigenvalue weighted by atomic mass is 16.5. The van der Waals surface area contributed by atoms with Gasteiger partial charge in [0, 0.05) is 11.5 Å². The molecule has 4 rings (SSSR count). The lowest BCUT2D eigenvalue weighted by Crippen LogP contribution is -2.57. The van der Waals surface area contributed by atoms with Crippen molar-refractivity contribution in [3.8, 4) is 17.4 Å². The SMILES string of the molecule is COc1cccc(NC(=O)N2CC(Oc3ccc4ccccc4n3)C2)c1OC. The van der Waals surface area contributed by atoms with Gasteiger partial charge < -0.3 is 24.4 Å². The van der Waals surface area contributed by atoms with Gasteiger partial charge in [0.2, 0.25) is 5.88 Å². The lowest BCUT2D eigenvalue weighted by molar-refractivity contribution is 0.0463. The summed E-state index contributed by atoms with van der Waals surface area (Å²) in [6.45, 7) is 0.985. The van der Waals surface area contributed by atoms with E-state index in [1.165, 1.54) is 7.11 Å². The predicted octanol–water partition coefficient (Wildman–Crippen LogP) is 3.55. The van der Waals surface area contributed by atoms with E-state index >= 15 is 0 Å². The highest BCUT2D eigenvalue weighted by Crippen LogP contribution is 2.35. The number of amides is 2. The van der Waals surface area contributed by atoms with E-state index in [0.717, 1.165) is 10.9 Å². The van der Waals surface area contributed by atoms with Gasteiger partial charge in [0.1, 0.15) is 6.10 Å².